The molecule has 2 aromatic carbocycles. The number of hydrogen-bond donors (Lipinski definition) is 1. The highest BCUT2D eigenvalue weighted by atomic mass is 32.2. The third-order valence-electron chi connectivity index (χ3n) is 3.71. The van der Waals surface area contributed by atoms with Gasteiger partial charge >= 0.3 is 0 Å². The molecular formula is C20H20N2OS2. The molecule has 1 N–H and O–H groups in total. The van der Waals surface area contributed by atoms with E-state index in [0.717, 1.165) is 33.3 Å². The van der Waals surface area contributed by atoms with Gasteiger partial charge in [0.1, 0.15) is 5.01 Å². The van der Waals surface area contributed by atoms with Crippen LogP contribution in [0.5, 0.6) is 0 Å². The third-order valence-corrected chi connectivity index (χ3v) is 5.83. The normalized spacial score (nSPS) is 11.9. The lowest BCUT2D eigenvalue weighted by atomic mass is 10.2. The molecule has 5 heteroatoms. The maximum Gasteiger partial charge on any atom is 0.237 e. The number of thiazole rings is 1. The SMILES string of the molecule is Cc1cccc(NC(=O)C(C)SCc2csc(-c3ccccc3)n2)c1. The first-order valence-corrected chi connectivity index (χ1v) is 10.0. The Hall–Kier alpha value is -2.11. The van der Waals surface area contributed by atoms with E-state index < -0.39 is 0 Å². The van der Waals surface area contributed by atoms with Crippen molar-refractivity contribution in [2.75, 3.05) is 5.32 Å². The van der Waals surface area contributed by atoms with Gasteiger partial charge in [-0.15, -0.1) is 23.1 Å². The zero-order valence-electron chi connectivity index (χ0n) is 14.2. The summed E-state index contributed by atoms with van der Waals surface area (Å²) in [6.45, 7) is 3.95. The number of carbonyl (C=O) groups excluding carboxylic acids is 1. The highest BCUT2D eigenvalue weighted by Gasteiger charge is 2.15. The van der Waals surface area contributed by atoms with Crippen LogP contribution in [0.3, 0.4) is 0 Å². The molecule has 3 nitrogen and oxygen atoms in total. The van der Waals surface area contributed by atoms with Crippen LogP contribution in [0, 0.1) is 6.92 Å². The van der Waals surface area contributed by atoms with Crippen LogP contribution in [0.4, 0.5) is 5.69 Å². The van der Waals surface area contributed by atoms with Crippen LogP contribution in [-0.4, -0.2) is 16.1 Å². The molecule has 0 aliphatic rings. The van der Waals surface area contributed by atoms with Crippen LogP contribution in [0.25, 0.3) is 10.6 Å². The van der Waals surface area contributed by atoms with Gasteiger partial charge in [-0.3, -0.25) is 4.79 Å². The molecule has 0 fully saturated rings. The summed E-state index contributed by atoms with van der Waals surface area (Å²) in [4.78, 5) is 17.0. The number of nitrogens with one attached hydrogen (secondary N) is 1. The summed E-state index contributed by atoms with van der Waals surface area (Å²) >= 11 is 3.24. The van der Waals surface area contributed by atoms with Crippen LogP contribution in [0.1, 0.15) is 18.2 Å². The lowest BCUT2D eigenvalue weighted by molar-refractivity contribution is -0.115. The molecule has 1 aromatic heterocycles. The number of amides is 1. The van der Waals surface area contributed by atoms with Crippen molar-refractivity contribution in [1.29, 1.82) is 0 Å². The molecule has 1 atom stereocenters. The Bertz CT molecular complexity index is 846. The van der Waals surface area contributed by atoms with Crippen LogP contribution < -0.4 is 5.32 Å². The van der Waals surface area contributed by atoms with Gasteiger partial charge in [-0.25, -0.2) is 4.98 Å². The second kappa shape index (κ2) is 8.32. The summed E-state index contributed by atoms with van der Waals surface area (Å²) < 4.78 is 0. The van der Waals surface area contributed by atoms with E-state index in [9.17, 15) is 4.79 Å². The zero-order valence-corrected chi connectivity index (χ0v) is 15.9. The maximum absolute atomic E-state index is 12.3. The van der Waals surface area contributed by atoms with Gasteiger partial charge in [-0.2, -0.15) is 0 Å². The molecular weight excluding hydrogens is 348 g/mol. The first-order chi connectivity index (χ1) is 12.1. The van der Waals surface area contributed by atoms with Gasteiger partial charge in [0.05, 0.1) is 10.9 Å². The highest BCUT2D eigenvalue weighted by molar-refractivity contribution is 7.99. The second-order valence-electron chi connectivity index (χ2n) is 5.82. The van der Waals surface area contributed by atoms with Crippen molar-refractivity contribution in [3.8, 4) is 10.6 Å². The van der Waals surface area contributed by atoms with Crippen LogP contribution in [0.2, 0.25) is 0 Å². The monoisotopic (exact) mass is 368 g/mol. The Kier molecular flexibility index (Phi) is 5.89. The molecule has 0 bridgehead atoms. The van der Waals surface area contributed by atoms with Gasteiger partial charge in [-0.1, -0.05) is 42.5 Å². The predicted molar refractivity (Wildman–Crippen MR) is 108 cm³/mol. The molecule has 0 aliphatic heterocycles. The molecule has 0 radical (unpaired) electrons. The highest BCUT2D eigenvalue weighted by Crippen LogP contribution is 2.26. The first-order valence-electron chi connectivity index (χ1n) is 8.11. The fraction of sp³-hybridized carbons (Fsp3) is 0.200. The molecule has 0 aliphatic carbocycles. The number of aryl methyl sites for hydroxylation is 1. The van der Waals surface area contributed by atoms with Crippen molar-refractivity contribution in [2.45, 2.75) is 24.9 Å². The first kappa shape index (κ1) is 17.7. The fourth-order valence-corrected chi connectivity index (χ4v) is 4.05. The summed E-state index contributed by atoms with van der Waals surface area (Å²) in [7, 11) is 0. The van der Waals surface area contributed by atoms with E-state index in [0.29, 0.717) is 0 Å². The number of carbonyl (C=O) groups is 1. The quantitative estimate of drug-likeness (QED) is 0.635. The van der Waals surface area contributed by atoms with E-state index in [4.69, 9.17) is 0 Å². The van der Waals surface area contributed by atoms with E-state index in [1.165, 1.54) is 0 Å². The molecule has 1 unspecified atom stereocenters. The standard InChI is InChI=1S/C20H20N2OS2/c1-14-7-6-10-17(11-14)21-19(23)15(2)24-12-18-13-25-20(22-18)16-8-4-3-5-9-16/h3-11,13,15H,12H2,1-2H3,(H,21,23). The van der Waals surface area contributed by atoms with Crippen LogP contribution in [0.15, 0.2) is 60.0 Å². The van der Waals surface area contributed by atoms with E-state index >= 15 is 0 Å². The van der Waals surface area contributed by atoms with E-state index in [-0.39, 0.29) is 11.2 Å². The number of hydrogen-bond acceptors (Lipinski definition) is 4. The Labute approximate surface area is 156 Å². The summed E-state index contributed by atoms with van der Waals surface area (Å²) in [6, 6.07) is 18.0. The molecule has 128 valence electrons. The van der Waals surface area contributed by atoms with E-state index in [1.54, 1.807) is 23.1 Å². The number of rotatable bonds is 6. The largest absolute Gasteiger partial charge is 0.325 e. The minimum Gasteiger partial charge on any atom is -0.325 e. The number of benzene rings is 2. The fourth-order valence-electron chi connectivity index (χ4n) is 2.34. The third kappa shape index (κ3) is 4.94. The smallest absolute Gasteiger partial charge is 0.237 e. The van der Waals surface area contributed by atoms with Crippen LogP contribution >= 0.6 is 23.1 Å². The lowest BCUT2D eigenvalue weighted by Crippen LogP contribution is -2.22. The Balaban J connectivity index is 1.54. The topological polar surface area (TPSA) is 42.0 Å². The van der Waals surface area contributed by atoms with Crippen molar-refractivity contribution in [3.63, 3.8) is 0 Å². The van der Waals surface area contributed by atoms with Crippen LogP contribution in [-0.2, 0) is 10.5 Å². The summed E-state index contributed by atoms with van der Waals surface area (Å²) in [5.74, 6) is 0.750. The van der Waals surface area contributed by atoms with Crippen molar-refractivity contribution in [1.82, 2.24) is 4.98 Å². The van der Waals surface area contributed by atoms with Gasteiger partial charge in [-0.05, 0) is 31.5 Å². The second-order valence-corrected chi connectivity index (χ2v) is 8.01. The molecule has 3 aromatic rings. The number of nitrogens with zero attached hydrogens (tertiary/aromatic N) is 1. The van der Waals surface area contributed by atoms with Gasteiger partial charge in [0.15, 0.2) is 0 Å². The predicted octanol–water partition coefficient (Wildman–Crippen LogP) is 5.38. The van der Waals surface area contributed by atoms with E-state index in [2.05, 4.69) is 27.8 Å². The zero-order chi connectivity index (χ0) is 17.6. The van der Waals surface area contributed by atoms with Crippen molar-refractivity contribution in [3.05, 3.63) is 71.2 Å². The van der Waals surface area contributed by atoms with E-state index in [1.807, 2.05) is 56.3 Å². The van der Waals surface area contributed by atoms with Crippen molar-refractivity contribution < 1.29 is 4.79 Å². The summed E-state index contributed by atoms with van der Waals surface area (Å²) in [5, 5.41) is 5.93. The number of aromatic nitrogens is 1. The molecule has 0 saturated heterocycles. The van der Waals surface area contributed by atoms with Gasteiger partial charge in [0, 0.05) is 22.4 Å². The average molecular weight is 369 g/mol. The summed E-state index contributed by atoms with van der Waals surface area (Å²) in [6.07, 6.45) is 0. The lowest BCUT2D eigenvalue weighted by Gasteiger charge is -2.11. The molecule has 1 amide bonds. The molecule has 25 heavy (non-hydrogen) atoms. The minimum atomic E-state index is -0.137. The number of anilines is 1. The van der Waals surface area contributed by atoms with Gasteiger partial charge in [0.2, 0.25) is 5.91 Å². The van der Waals surface area contributed by atoms with Gasteiger partial charge in [0.25, 0.3) is 0 Å². The van der Waals surface area contributed by atoms with Gasteiger partial charge < -0.3 is 5.32 Å². The summed E-state index contributed by atoms with van der Waals surface area (Å²) in [5.41, 5.74) is 4.13. The Morgan fingerprint density at radius 3 is 2.76 bits per heavy atom. The average Bonchev–Trinajstić information content (AvgIpc) is 3.09. The maximum atomic E-state index is 12.3. The molecule has 0 saturated carbocycles. The molecule has 1 heterocycles. The van der Waals surface area contributed by atoms with Crippen molar-refractivity contribution >= 4 is 34.7 Å². The Morgan fingerprint density at radius 2 is 2.00 bits per heavy atom. The number of thioether (sulfide) groups is 1. The molecule has 0 spiro atoms. The van der Waals surface area contributed by atoms with Crippen molar-refractivity contribution in [2.24, 2.45) is 0 Å². The Morgan fingerprint density at radius 1 is 1.20 bits per heavy atom. The molecule has 3 rings (SSSR count). The minimum absolute atomic E-state index is 0.0223.